The van der Waals surface area contributed by atoms with Gasteiger partial charge in [0.05, 0.1) is 10.7 Å². The lowest BCUT2D eigenvalue weighted by Crippen LogP contribution is -2.21. The smallest absolute Gasteiger partial charge is 0.266 e. The van der Waals surface area contributed by atoms with Crippen LogP contribution in [-0.4, -0.2) is 35.8 Å². The van der Waals surface area contributed by atoms with Crippen molar-refractivity contribution >= 4 is 34.9 Å². The first-order chi connectivity index (χ1) is 12.5. The number of nitriles is 1. The van der Waals surface area contributed by atoms with E-state index in [0.717, 1.165) is 17.8 Å². The number of anilines is 1. The number of carbonyl (C=O) groups excluding carboxylic acids is 2. The second-order valence-corrected chi connectivity index (χ2v) is 7.18. The van der Waals surface area contributed by atoms with Gasteiger partial charge in [-0.3, -0.25) is 9.59 Å². The molecule has 0 spiro atoms. The summed E-state index contributed by atoms with van der Waals surface area (Å²) in [4.78, 5) is 30.1. The summed E-state index contributed by atoms with van der Waals surface area (Å²) in [6.45, 7) is 0. The largest absolute Gasteiger partial charge is 0.345 e. The van der Waals surface area contributed by atoms with Crippen LogP contribution in [0.3, 0.4) is 0 Å². The van der Waals surface area contributed by atoms with Crippen molar-refractivity contribution in [3.8, 4) is 6.07 Å². The first-order valence-electron chi connectivity index (χ1n) is 8.18. The van der Waals surface area contributed by atoms with Gasteiger partial charge >= 0.3 is 0 Å². The summed E-state index contributed by atoms with van der Waals surface area (Å²) in [6, 6.07) is 8.47. The third-order valence-electron chi connectivity index (χ3n) is 3.92. The van der Waals surface area contributed by atoms with Crippen LogP contribution in [0.5, 0.6) is 0 Å². The number of benzene rings is 1. The number of rotatable bonds is 5. The summed E-state index contributed by atoms with van der Waals surface area (Å²) < 4.78 is 0. The van der Waals surface area contributed by atoms with Crippen molar-refractivity contribution in [2.24, 2.45) is 0 Å². The van der Waals surface area contributed by atoms with Crippen LogP contribution in [0.4, 0.5) is 5.69 Å². The van der Waals surface area contributed by atoms with E-state index in [1.165, 1.54) is 11.0 Å². The predicted molar refractivity (Wildman–Crippen MR) is 101 cm³/mol. The minimum Gasteiger partial charge on any atom is -0.345 e. The van der Waals surface area contributed by atoms with Crippen LogP contribution in [0.15, 0.2) is 35.2 Å². The molecule has 26 heavy (non-hydrogen) atoms. The van der Waals surface area contributed by atoms with Gasteiger partial charge in [0.25, 0.3) is 11.8 Å². The maximum Gasteiger partial charge on any atom is 0.266 e. The molecule has 6 nitrogen and oxygen atoms in total. The first-order valence-corrected chi connectivity index (χ1v) is 9.06. The van der Waals surface area contributed by atoms with Crippen molar-refractivity contribution in [2.45, 2.75) is 18.8 Å². The monoisotopic (exact) mass is 366 g/mol. The number of amides is 2. The molecule has 0 unspecified atom stereocenters. The van der Waals surface area contributed by atoms with Gasteiger partial charge in [0.2, 0.25) is 0 Å². The van der Waals surface area contributed by atoms with Gasteiger partial charge in [0.15, 0.2) is 0 Å². The Morgan fingerprint density at radius 1 is 1.31 bits per heavy atom. The molecule has 3 rings (SSSR count). The molecular weight excluding hydrogens is 348 g/mol. The van der Waals surface area contributed by atoms with E-state index in [1.54, 1.807) is 49.7 Å². The fourth-order valence-electron chi connectivity index (χ4n) is 2.33. The molecule has 2 amide bonds. The van der Waals surface area contributed by atoms with Gasteiger partial charge in [-0.1, -0.05) is 0 Å². The van der Waals surface area contributed by atoms with Crippen molar-refractivity contribution < 1.29 is 9.59 Å². The normalized spacial score (nSPS) is 13.8. The minimum atomic E-state index is -0.500. The Morgan fingerprint density at radius 3 is 2.58 bits per heavy atom. The van der Waals surface area contributed by atoms with E-state index in [9.17, 15) is 14.9 Å². The summed E-state index contributed by atoms with van der Waals surface area (Å²) in [5.74, 6) is -0.0689. The Balaban J connectivity index is 1.69. The van der Waals surface area contributed by atoms with Crippen molar-refractivity contribution in [2.75, 3.05) is 19.4 Å². The lowest BCUT2D eigenvalue weighted by molar-refractivity contribution is -0.112. The molecule has 1 saturated carbocycles. The number of hydrogen-bond acceptors (Lipinski definition) is 5. The Morgan fingerprint density at radius 2 is 2.00 bits per heavy atom. The van der Waals surface area contributed by atoms with Gasteiger partial charge in [0.1, 0.15) is 11.6 Å². The lowest BCUT2D eigenvalue weighted by Gasteiger charge is -2.10. The summed E-state index contributed by atoms with van der Waals surface area (Å²) in [5.41, 5.74) is 1.67. The quantitative estimate of drug-likeness (QED) is 0.650. The molecule has 1 N–H and O–H groups in total. The average molecular weight is 366 g/mol. The SMILES string of the molecule is CN(C)C(=O)c1ccc(NC(=O)C(C#N)=Cc2csc(C3CC3)n2)cc1. The molecule has 1 aromatic heterocycles. The predicted octanol–water partition coefficient (Wildman–Crippen LogP) is 3.27. The van der Waals surface area contributed by atoms with E-state index < -0.39 is 5.91 Å². The van der Waals surface area contributed by atoms with Crippen LogP contribution in [0, 0.1) is 11.3 Å². The Labute approximate surface area is 155 Å². The van der Waals surface area contributed by atoms with Gasteiger partial charge in [-0.15, -0.1) is 11.3 Å². The van der Waals surface area contributed by atoms with Gasteiger partial charge in [-0.25, -0.2) is 4.98 Å². The number of nitrogens with one attached hydrogen (secondary N) is 1. The fraction of sp³-hybridized carbons (Fsp3) is 0.263. The van der Waals surface area contributed by atoms with E-state index in [1.807, 2.05) is 11.4 Å². The molecule has 1 fully saturated rings. The van der Waals surface area contributed by atoms with Crippen LogP contribution in [0.25, 0.3) is 6.08 Å². The minimum absolute atomic E-state index is 0.00825. The summed E-state index contributed by atoms with van der Waals surface area (Å²) >= 11 is 1.56. The number of aromatic nitrogens is 1. The van der Waals surface area contributed by atoms with Crippen molar-refractivity contribution in [1.82, 2.24) is 9.88 Å². The Bertz CT molecular complexity index is 902. The second kappa shape index (κ2) is 7.50. The molecule has 1 heterocycles. The molecule has 2 aromatic rings. The van der Waals surface area contributed by atoms with Crippen LogP contribution in [0.1, 0.15) is 39.8 Å². The highest BCUT2D eigenvalue weighted by atomic mass is 32.1. The van der Waals surface area contributed by atoms with Crippen LogP contribution in [0.2, 0.25) is 0 Å². The molecule has 132 valence electrons. The average Bonchev–Trinajstić information content (AvgIpc) is 3.38. The van der Waals surface area contributed by atoms with Gasteiger partial charge in [-0.05, 0) is 43.2 Å². The van der Waals surface area contributed by atoms with Crippen LogP contribution < -0.4 is 5.32 Å². The van der Waals surface area contributed by atoms with Crippen molar-refractivity contribution in [1.29, 1.82) is 5.26 Å². The molecule has 0 radical (unpaired) electrons. The Kier molecular flexibility index (Phi) is 5.14. The van der Waals surface area contributed by atoms with E-state index >= 15 is 0 Å². The molecule has 1 aromatic carbocycles. The van der Waals surface area contributed by atoms with E-state index in [-0.39, 0.29) is 11.5 Å². The van der Waals surface area contributed by atoms with Gasteiger partial charge in [-0.2, -0.15) is 5.26 Å². The highest BCUT2D eigenvalue weighted by Gasteiger charge is 2.26. The van der Waals surface area contributed by atoms with Crippen LogP contribution in [-0.2, 0) is 4.79 Å². The third kappa shape index (κ3) is 4.16. The number of thiazole rings is 1. The molecule has 7 heteroatoms. The highest BCUT2D eigenvalue weighted by molar-refractivity contribution is 7.09. The van der Waals surface area contributed by atoms with E-state index in [2.05, 4.69) is 10.3 Å². The van der Waals surface area contributed by atoms with Crippen molar-refractivity contribution in [3.63, 3.8) is 0 Å². The standard InChI is InChI=1S/C19H18N4O2S/c1-23(2)19(25)13-5-7-15(8-6-13)21-17(24)14(10-20)9-16-11-26-18(22-16)12-3-4-12/h5-9,11-12H,3-4H2,1-2H3,(H,21,24). The molecule has 0 bridgehead atoms. The topological polar surface area (TPSA) is 86.1 Å². The Hall–Kier alpha value is -2.98. The first kappa shape index (κ1) is 17.8. The fourth-order valence-corrected chi connectivity index (χ4v) is 3.28. The van der Waals surface area contributed by atoms with Gasteiger partial charge in [0, 0.05) is 36.6 Å². The van der Waals surface area contributed by atoms with Crippen molar-refractivity contribution in [3.05, 3.63) is 51.5 Å². The zero-order valence-electron chi connectivity index (χ0n) is 14.5. The number of hydrogen-bond donors (Lipinski definition) is 1. The summed E-state index contributed by atoms with van der Waals surface area (Å²) in [5, 5.41) is 14.9. The molecule has 0 atom stereocenters. The third-order valence-corrected chi connectivity index (χ3v) is 4.94. The van der Waals surface area contributed by atoms with Gasteiger partial charge < -0.3 is 10.2 Å². The number of nitrogens with zero attached hydrogens (tertiary/aromatic N) is 3. The second-order valence-electron chi connectivity index (χ2n) is 6.29. The maximum atomic E-state index is 12.3. The molecular formula is C19H18N4O2S. The van der Waals surface area contributed by atoms with E-state index in [4.69, 9.17) is 0 Å². The molecule has 1 aliphatic rings. The molecule has 0 aliphatic heterocycles. The number of carbonyl (C=O) groups is 2. The lowest BCUT2D eigenvalue weighted by atomic mass is 10.1. The molecule has 0 saturated heterocycles. The highest BCUT2D eigenvalue weighted by Crippen LogP contribution is 2.41. The summed E-state index contributed by atoms with van der Waals surface area (Å²) in [7, 11) is 3.35. The van der Waals surface area contributed by atoms with E-state index in [0.29, 0.717) is 22.9 Å². The summed E-state index contributed by atoms with van der Waals surface area (Å²) in [6.07, 6.45) is 3.82. The van der Waals surface area contributed by atoms with Crippen LogP contribution >= 0.6 is 11.3 Å². The zero-order valence-corrected chi connectivity index (χ0v) is 15.3. The molecule has 1 aliphatic carbocycles. The maximum absolute atomic E-state index is 12.3. The zero-order chi connectivity index (χ0) is 18.7.